The first-order chi connectivity index (χ1) is 13.6. The lowest BCUT2D eigenvalue weighted by atomic mass is 10.1. The van der Waals surface area contributed by atoms with Crippen LogP contribution in [0.15, 0.2) is 60.9 Å². The third kappa shape index (κ3) is 3.74. The van der Waals surface area contributed by atoms with Gasteiger partial charge in [-0.25, -0.2) is 4.98 Å². The molecule has 0 bridgehead atoms. The van der Waals surface area contributed by atoms with Crippen molar-refractivity contribution in [1.82, 2.24) is 15.0 Å². The van der Waals surface area contributed by atoms with Crippen molar-refractivity contribution >= 4 is 22.7 Å². The lowest BCUT2D eigenvalue weighted by Gasteiger charge is -2.14. The summed E-state index contributed by atoms with van der Waals surface area (Å²) in [6.45, 7) is 0.399. The molecule has 0 fully saturated rings. The Bertz CT molecular complexity index is 1110. The van der Waals surface area contributed by atoms with Gasteiger partial charge < -0.3 is 26.9 Å². The van der Waals surface area contributed by atoms with Crippen LogP contribution in [0.25, 0.3) is 22.0 Å². The molecule has 2 aromatic heterocycles. The van der Waals surface area contributed by atoms with Gasteiger partial charge in [0.1, 0.15) is 18.2 Å². The summed E-state index contributed by atoms with van der Waals surface area (Å²) in [5.74, 6) is 1.20. The standard InChI is InChI=1S/C21H22N6O/c22-15(8-14-10-25-19-7-2-1-6-17(14)19)12-28-16-5-3-4-13(9-16)18-11-26-21(24)27-20(18)23/h1-7,9-11,15,25H,8,12,22H2,(H4,23,24,26,27)/t15-/m0/s1. The maximum absolute atomic E-state index is 6.30. The number of rotatable bonds is 6. The number of hydrogen-bond donors (Lipinski definition) is 4. The summed E-state index contributed by atoms with van der Waals surface area (Å²) in [6.07, 6.45) is 4.34. The summed E-state index contributed by atoms with van der Waals surface area (Å²) in [5.41, 5.74) is 21.7. The van der Waals surface area contributed by atoms with Gasteiger partial charge in [-0.15, -0.1) is 0 Å². The minimum Gasteiger partial charge on any atom is -0.492 e. The molecule has 0 saturated heterocycles. The number of benzene rings is 2. The Hall–Kier alpha value is -3.58. The number of H-pyrrole nitrogens is 1. The number of nitrogen functional groups attached to an aromatic ring is 2. The molecule has 142 valence electrons. The van der Waals surface area contributed by atoms with E-state index < -0.39 is 0 Å². The molecule has 0 spiro atoms. The Morgan fingerprint density at radius 1 is 1.07 bits per heavy atom. The van der Waals surface area contributed by atoms with Crippen molar-refractivity contribution in [3.63, 3.8) is 0 Å². The van der Waals surface area contributed by atoms with Crippen LogP contribution in [0.1, 0.15) is 5.56 Å². The summed E-state index contributed by atoms with van der Waals surface area (Å²) in [6, 6.07) is 15.6. The van der Waals surface area contributed by atoms with E-state index in [1.165, 1.54) is 10.9 Å². The molecule has 2 heterocycles. The highest BCUT2D eigenvalue weighted by molar-refractivity contribution is 5.83. The molecule has 0 aliphatic carbocycles. The second-order valence-electron chi connectivity index (χ2n) is 6.69. The number of nitrogens with two attached hydrogens (primary N) is 3. The van der Waals surface area contributed by atoms with Gasteiger partial charge in [-0.1, -0.05) is 30.3 Å². The highest BCUT2D eigenvalue weighted by Gasteiger charge is 2.11. The van der Waals surface area contributed by atoms with Crippen LogP contribution in [0.3, 0.4) is 0 Å². The van der Waals surface area contributed by atoms with Crippen LogP contribution >= 0.6 is 0 Å². The average molecular weight is 374 g/mol. The van der Waals surface area contributed by atoms with Crippen LogP contribution in [0, 0.1) is 0 Å². The van der Waals surface area contributed by atoms with Crippen molar-refractivity contribution in [2.45, 2.75) is 12.5 Å². The molecule has 0 aliphatic rings. The number of aromatic amines is 1. The van der Waals surface area contributed by atoms with Crippen LogP contribution in [0.5, 0.6) is 5.75 Å². The third-order valence-electron chi connectivity index (χ3n) is 4.60. The highest BCUT2D eigenvalue weighted by atomic mass is 16.5. The van der Waals surface area contributed by atoms with Gasteiger partial charge in [0.15, 0.2) is 0 Å². The lowest BCUT2D eigenvalue weighted by Crippen LogP contribution is -2.30. The molecule has 0 aliphatic heterocycles. The summed E-state index contributed by atoms with van der Waals surface area (Å²) in [5, 5.41) is 1.19. The zero-order valence-electron chi connectivity index (χ0n) is 15.3. The smallest absolute Gasteiger partial charge is 0.221 e. The predicted molar refractivity (Wildman–Crippen MR) is 112 cm³/mol. The van der Waals surface area contributed by atoms with Gasteiger partial charge in [-0.05, 0) is 35.7 Å². The molecule has 0 radical (unpaired) electrons. The van der Waals surface area contributed by atoms with Crippen LogP contribution < -0.4 is 21.9 Å². The number of ether oxygens (including phenoxy) is 1. The fourth-order valence-corrected chi connectivity index (χ4v) is 3.23. The van der Waals surface area contributed by atoms with E-state index in [0.717, 1.165) is 17.5 Å². The molecular formula is C21H22N6O. The minimum atomic E-state index is -0.132. The van der Waals surface area contributed by atoms with Crippen molar-refractivity contribution in [3.8, 4) is 16.9 Å². The van der Waals surface area contributed by atoms with E-state index in [2.05, 4.69) is 27.1 Å². The van der Waals surface area contributed by atoms with Gasteiger partial charge in [-0.2, -0.15) is 4.98 Å². The van der Waals surface area contributed by atoms with Gasteiger partial charge in [0.2, 0.25) is 5.95 Å². The number of anilines is 2. The van der Waals surface area contributed by atoms with Crippen LogP contribution in [0.2, 0.25) is 0 Å². The number of aromatic nitrogens is 3. The van der Waals surface area contributed by atoms with E-state index in [1.807, 2.05) is 42.6 Å². The maximum atomic E-state index is 6.30. The van der Waals surface area contributed by atoms with E-state index >= 15 is 0 Å². The molecule has 2 aromatic carbocycles. The Labute approximate surface area is 162 Å². The quantitative estimate of drug-likeness (QED) is 0.411. The second kappa shape index (κ2) is 7.58. The summed E-state index contributed by atoms with van der Waals surface area (Å²) in [4.78, 5) is 11.3. The number of fused-ring (bicyclic) bond motifs is 1. The average Bonchev–Trinajstić information content (AvgIpc) is 3.10. The lowest BCUT2D eigenvalue weighted by molar-refractivity contribution is 0.288. The van der Waals surface area contributed by atoms with E-state index in [0.29, 0.717) is 23.7 Å². The Morgan fingerprint density at radius 3 is 2.79 bits per heavy atom. The first-order valence-electron chi connectivity index (χ1n) is 9.02. The Morgan fingerprint density at radius 2 is 1.93 bits per heavy atom. The van der Waals surface area contributed by atoms with Crippen molar-refractivity contribution in [2.75, 3.05) is 18.1 Å². The SMILES string of the molecule is Nc1ncc(-c2cccc(OC[C@@H](N)Cc3c[nH]c4ccccc34)c2)c(N)n1. The molecule has 28 heavy (non-hydrogen) atoms. The van der Waals surface area contributed by atoms with Gasteiger partial charge in [0, 0.05) is 34.9 Å². The molecule has 0 amide bonds. The summed E-state index contributed by atoms with van der Waals surface area (Å²) in [7, 11) is 0. The predicted octanol–water partition coefficient (Wildman–Crippen LogP) is 2.74. The first-order valence-corrected chi connectivity index (χ1v) is 9.02. The molecule has 7 N–H and O–H groups in total. The number of para-hydroxylation sites is 1. The monoisotopic (exact) mass is 374 g/mol. The molecule has 4 rings (SSSR count). The van der Waals surface area contributed by atoms with Gasteiger partial charge in [0.05, 0.1) is 0 Å². The fraction of sp³-hybridized carbons (Fsp3) is 0.143. The van der Waals surface area contributed by atoms with Crippen molar-refractivity contribution < 1.29 is 4.74 Å². The highest BCUT2D eigenvalue weighted by Crippen LogP contribution is 2.27. The maximum Gasteiger partial charge on any atom is 0.221 e. The number of hydrogen-bond acceptors (Lipinski definition) is 6. The van der Waals surface area contributed by atoms with Crippen molar-refractivity contribution in [3.05, 3.63) is 66.5 Å². The molecule has 1 atom stereocenters. The van der Waals surface area contributed by atoms with Gasteiger partial charge >= 0.3 is 0 Å². The first kappa shape index (κ1) is 17.8. The van der Waals surface area contributed by atoms with Crippen molar-refractivity contribution in [1.29, 1.82) is 0 Å². The molecule has 4 aromatic rings. The largest absolute Gasteiger partial charge is 0.492 e. The minimum absolute atomic E-state index is 0.132. The number of nitrogens with one attached hydrogen (secondary N) is 1. The number of nitrogens with zero attached hydrogens (tertiary/aromatic N) is 2. The zero-order valence-corrected chi connectivity index (χ0v) is 15.3. The van der Waals surface area contributed by atoms with Gasteiger partial charge in [0.25, 0.3) is 0 Å². The van der Waals surface area contributed by atoms with E-state index in [-0.39, 0.29) is 12.0 Å². The normalized spacial score (nSPS) is 12.2. The van der Waals surface area contributed by atoms with E-state index in [4.69, 9.17) is 21.9 Å². The van der Waals surface area contributed by atoms with E-state index in [9.17, 15) is 0 Å². The second-order valence-corrected chi connectivity index (χ2v) is 6.69. The molecule has 7 heteroatoms. The molecule has 0 saturated carbocycles. The Balaban J connectivity index is 1.43. The summed E-state index contributed by atoms with van der Waals surface area (Å²) >= 11 is 0. The van der Waals surface area contributed by atoms with Crippen LogP contribution in [-0.4, -0.2) is 27.6 Å². The molecule has 7 nitrogen and oxygen atoms in total. The summed E-state index contributed by atoms with van der Waals surface area (Å²) < 4.78 is 5.91. The van der Waals surface area contributed by atoms with Crippen LogP contribution in [0.4, 0.5) is 11.8 Å². The zero-order chi connectivity index (χ0) is 19.5. The van der Waals surface area contributed by atoms with Gasteiger partial charge in [-0.3, -0.25) is 0 Å². The van der Waals surface area contributed by atoms with Crippen molar-refractivity contribution in [2.24, 2.45) is 5.73 Å². The van der Waals surface area contributed by atoms with Crippen LogP contribution in [-0.2, 0) is 6.42 Å². The Kier molecular flexibility index (Phi) is 4.82. The van der Waals surface area contributed by atoms with E-state index in [1.54, 1.807) is 6.20 Å². The topological polar surface area (TPSA) is 129 Å². The molecule has 0 unspecified atom stereocenters. The fourth-order valence-electron chi connectivity index (χ4n) is 3.23. The molecular weight excluding hydrogens is 352 g/mol. The third-order valence-corrected chi connectivity index (χ3v) is 4.60.